The van der Waals surface area contributed by atoms with Crippen molar-refractivity contribution in [2.75, 3.05) is 0 Å². The number of halogens is 5. The molecule has 0 aliphatic rings. The molecule has 0 aliphatic heterocycles. The zero-order valence-electron chi connectivity index (χ0n) is 8.15. The van der Waals surface area contributed by atoms with Crippen LogP contribution in [0.2, 0.25) is 20.2 Å². The van der Waals surface area contributed by atoms with E-state index in [9.17, 15) is 4.39 Å². The van der Waals surface area contributed by atoms with E-state index in [2.05, 4.69) is 4.98 Å². The number of hydrogen-bond acceptors (Lipinski definition) is 1. The third-order valence-electron chi connectivity index (χ3n) is 2.07. The third kappa shape index (κ3) is 2.66. The van der Waals surface area contributed by atoms with Gasteiger partial charge in [0.1, 0.15) is 11.0 Å². The lowest BCUT2D eigenvalue weighted by molar-refractivity contribution is 0.628. The van der Waals surface area contributed by atoms with Gasteiger partial charge in [-0.05, 0) is 24.3 Å². The molecule has 2 rings (SSSR count). The Kier molecular flexibility index (Phi) is 3.79. The maximum absolute atomic E-state index is 13.2. The molecule has 0 amide bonds. The molecule has 0 bridgehead atoms. The SMILES string of the molecule is Fc1ccc(Cl)c(-c2nc(Cl)c(Cl)cc2Cl)c1. The predicted molar refractivity (Wildman–Crippen MR) is 69.7 cm³/mol. The lowest BCUT2D eigenvalue weighted by atomic mass is 10.1. The van der Waals surface area contributed by atoms with Crippen molar-refractivity contribution in [1.29, 1.82) is 0 Å². The fourth-order valence-corrected chi connectivity index (χ4v) is 2.12. The Bertz CT molecular complexity index is 586. The summed E-state index contributed by atoms with van der Waals surface area (Å²) < 4.78 is 13.2. The van der Waals surface area contributed by atoms with Gasteiger partial charge in [-0.2, -0.15) is 0 Å². The molecule has 0 N–H and O–H groups in total. The molecule has 0 spiro atoms. The van der Waals surface area contributed by atoms with Gasteiger partial charge in [0, 0.05) is 5.56 Å². The van der Waals surface area contributed by atoms with Gasteiger partial charge in [0.15, 0.2) is 0 Å². The second kappa shape index (κ2) is 4.99. The Morgan fingerprint density at radius 1 is 0.882 bits per heavy atom. The number of nitrogens with zero attached hydrogens (tertiary/aromatic N) is 1. The molecular weight excluding hydrogens is 307 g/mol. The van der Waals surface area contributed by atoms with E-state index in [4.69, 9.17) is 46.4 Å². The minimum Gasteiger partial charge on any atom is -0.233 e. The van der Waals surface area contributed by atoms with Crippen LogP contribution in [0, 0.1) is 5.82 Å². The minimum atomic E-state index is -0.437. The summed E-state index contributed by atoms with van der Waals surface area (Å²) in [6.45, 7) is 0. The molecule has 0 unspecified atom stereocenters. The molecule has 0 aliphatic carbocycles. The van der Waals surface area contributed by atoms with Crippen LogP contribution in [0.15, 0.2) is 24.3 Å². The van der Waals surface area contributed by atoms with Crippen LogP contribution in [0.5, 0.6) is 0 Å². The lowest BCUT2D eigenvalue weighted by Gasteiger charge is -2.07. The molecule has 88 valence electrons. The van der Waals surface area contributed by atoms with Gasteiger partial charge in [0.05, 0.1) is 20.8 Å². The average molecular weight is 311 g/mol. The first-order chi connectivity index (χ1) is 7.99. The molecule has 17 heavy (non-hydrogen) atoms. The maximum atomic E-state index is 13.2. The Balaban J connectivity index is 2.68. The van der Waals surface area contributed by atoms with Crippen molar-refractivity contribution in [3.05, 3.63) is 50.3 Å². The van der Waals surface area contributed by atoms with Crippen molar-refractivity contribution in [3.8, 4) is 11.3 Å². The summed E-state index contributed by atoms with van der Waals surface area (Å²) in [5.74, 6) is -0.437. The van der Waals surface area contributed by atoms with E-state index < -0.39 is 5.82 Å². The number of pyridine rings is 1. The van der Waals surface area contributed by atoms with Gasteiger partial charge in [0.2, 0.25) is 0 Å². The van der Waals surface area contributed by atoms with Crippen LogP contribution in [0.4, 0.5) is 4.39 Å². The van der Waals surface area contributed by atoms with Crippen LogP contribution < -0.4 is 0 Å². The topological polar surface area (TPSA) is 12.9 Å². The van der Waals surface area contributed by atoms with Crippen molar-refractivity contribution < 1.29 is 4.39 Å². The van der Waals surface area contributed by atoms with Crippen molar-refractivity contribution in [2.45, 2.75) is 0 Å². The van der Waals surface area contributed by atoms with Gasteiger partial charge in [-0.1, -0.05) is 46.4 Å². The van der Waals surface area contributed by atoms with E-state index in [1.165, 1.54) is 24.3 Å². The van der Waals surface area contributed by atoms with E-state index in [-0.39, 0.29) is 15.2 Å². The van der Waals surface area contributed by atoms with Crippen LogP contribution in [-0.2, 0) is 0 Å². The van der Waals surface area contributed by atoms with Gasteiger partial charge in [-0.3, -0.25) is 0 Å². The van der Waals surface area contributed by atoms with Crippen molar-refractivity contribution in [3.63, 3.8) is 0 Å². The first kappa shape index (κ1) is 12.9. The largest absolute Gasteiger partial charge is 0.233 e. The zero-order valence-corrected chi connectivity index (χ0v) is 11.2. The van der Waals surface area contributed by atoms with Crippen molar-refractivity contribution in [2.24, 2.45) is 0 Å². The Morgan fingerprint density at radius 3 is 2.29 bits per heavy atom. The van der Waals surface area contributed by atoms with Crippen LogP contribution in [0.25, 0.3) is 11.3 Å². The van der Waals surface area contributed by atoms with E-state index in [0.717, 1.165) is 0 Å². The van der Waals surface area contributed by atoms with E-state index in [0.29, 0.717) is 16.3 Å². The smallest absolute Gasteiger partial charge is 0.148 e. The van der Waals surface area contributed by atoms with Crippen LogP contribution >= 0.6 is 46.4 Å². The van der Waals surface area contributed by atoms with Gasteiger partial charge >= 0.3 is 0 Å². The van der Waals surface area contributed by atoms with Crippen LogP contribution in [-0.4, -0.2) is 4.98 Å². The monoisotopic (exact) mass is 309 g/mol. The fraction of sp³-hybridized carbons (Fsp3) is 0. The Labute approximate surface area is 117 Å². The summed E-state index contributed by atoms with van der Waals surface area (Å²) in [5.41, 5.74) is 0.667. The van der Waals surface area contributed by atoms with Gasteiger partial charge < -0.3 is 0 Å². The summed E-state index contributed by atoms with van der Waals surface area (Å²) in [5, 5.41) is 0.908. The molecule has 0 saturated heterocycles. The summed E-state index contributed by atoms with van der Waals surface area (Å²) in [6, 6.07) is 5.35. The highest BCUT2D eigenvalue weighted by atomic mass is 35.5. The van der Waals surface area contributed by atoms with Gasteiger partial charge in [-0.25, -0.2) is 9.37 Å². The number of benzene rings is 1. The number of hydrogen-bond donors (Lipinski definition) is 0. The second-order valence-corrected chi connectivity index (χ2v) is 4.80. The number of aromatic nitrogens is 1. The quantitative estimate of drug-likeness (QED) is 0.634. The maximum Gasteiger partial charge on any atom is 0.148 e. The van der Waals surface area contributed by atoms with Crippen molar-refractivity contribution >= 4 is 46.4 Å². The molecule has 6 heteroatoms. The Morgan fingerprint density at radius 2 is 1.59 bits per heavy atom. The molecular formula is C11H4Cl4FN. The third-order valence-corrected chi connectivity index (χ3v) is 3.36. The summed E-state index contributed by atoms with van der Waals surface area (Å²) in [7, 11) is 0. The highest BCUT2D eigenvalue weighted by Crippen LogP contribution is 2.35. The van der Waals surface area contributed by atoms with E-state index in [1.807, 2.05) is 0 Å². The molecule has 2 aromatic rings. The first-order valence-corrected chi connectivity index (χ1v) is 5.97. The first-order valence-electron chi connectivity index (χ1n) is 4.46. The fourth-order valence-electron chi connectivity index (χ4n) is 1.31. The van der Waals surface area contributed by atoms with Crippen LogP contribution in [0.1, 0.15) is 0 Å². The van der Waals surface area contributed by atoms with Gasteiger partial charge in [-0.15, -0.1) is 0 Å². The lowest BCUT2D eigenvalue weighted by Crippen LogP contribution is -1.89. The highest BCUT2D eigenvalue weighted by molar-refractivity contribution is 6.43. The van der Waals surface area contributed by atoms with Crippen LogP contribution in [0.3, 0.4) is 0 Å². The standard InChI is InChI=1S/C11H4Cl4FN/c12-7-2-1-5(16)3-6(7)10-8(13)4-9(14)11(15)17-10/h1-4H. The Hall–Kier alpha value is -0.540. The molecule has 0 radical (unpaired) electrons. The van der Waals surface area contributed by atoms with Gasteiger partial charge in [0.25, 0.3) is 0 Å². The summed E-state index contributed by atoms with van der Waals surface area (Å²) in [4.78, 5) is 3.99. The van der Waals surface area contributed by atoms with E-state index in [1.54, 1.807) is 0 Å². The normalized spacial score (nSPS) is 10.6. The summed E-state index contributed by atoms with van der Waals surface area (Å²) in [6.07, 6.45) is 0. The molecule has 1 aromatic heterocycles. The molecule has 1 heterocycles. The molecule has 1 nitrogen and oxygen atoms in total. The zero-order chi connectivity index (χ0) is 12.6. The molecule has 0 saturated carbocycles. The molecule has 0 atom stereocenters. The highest BCUT2D eigenvalue weighted by Gasteiger charge is 2.13. The average Bonchev–Trinajstić information content (AvgIpc) is 2.27. The second-order valence-electron chi connectivity index (χ2n) is 3.22. The molecule has 1 aromatic carbocycles. The van der Waals surface area contributed by atoms with E-state index >= 15 is 0 Å². The molecule has 0 fully saturated rings. The predicted octanol–water partition coefficient (Wildman–Crippen LogP) is 5.50. The number of rotatable bonds is 1. The summed E-state index contributed by atoms with van der Waals surface area (Å²) >= 11 is 23.5. The van der Waals surface area contributed by atoms with Crippen molar-refractivity contribution in [1.82, 2.24) is 4.98 Å². The minimum absolute atomic E-state index is 0.0893.